The second kappa shape index (κ2) is 6.22. The first-order chi connectivity index (χ1) is 8.22. The predicted molar refractivity (Wildman–Crippen MR) is 73.1 cm³/mol. The second-order valence-corrected chi connectivity index (χ2v) is 6.49. The molecule has 1 heterocycles. The molecular formula is C16H30O. The lowest BCUT2D eigenvalue weighted by atomic mass is 9.76. The van der Waals surface area contributed by atoms with Crippen molar-refractivity contribution in [1.82, 2.24) is 0 Å². The average molecular weight is 238 g/mol. The summed E-state index contributed by atoms with van der Waals surface area (Å²) in [7, 11) is 0. The SMILES string of the molecule is CCC(C)CC1CCC(CC2OC2CC)CC1. The highest BCUT2D eigenvalue weighted by Crippen LogP contribution is 2.39. The van der Waals surface area contributed by atoms with Crippen molar-refractivity contribution in [3.8, 4) is 0 Å². The van der Waals surface area contributed by atoms with E-state index in [1.807, 2.05) is 0 Å². The van der Waals surface area contributed by atoms with E-state index in [1.165, 1.54) is 51.4 Å². The van der Waals surface area contributed by atoms with Crippen LogP contribution in [0.1, 0.15) is 72.1 Å². The fourth-order valence-corrected chi connectivity index (χ4v) is 3.51. The van der Waals surface area contributed by atoms with Gasteiger partial charge in [-0.3, -0.25) is 0 Å². The topological polar surface area (TPSA) is 12.5 Å². The molecule has 2 rings (SSSR count). The highest BCUT2D eigenvalue weighted by atomic mass is 16.6. The molecule has 0 spiro atoms. The molecule has 0 aromatic rings. The smallest absolute Gasteiger partial charge is 0.0844 e. The van der Waals surface area contributed by atoms with Gasteiger partial charge in [-0.2, -0.15) is 0 Å². The van der Waals surface area contributed by atoms with Gasteiger partial charge in [-0.15, -0.1) is 0 Å². The molecule has 0 aromatic carbocycles. The van der Waals surface area contributed by atoms with Crippen molar-refractivity contribution in [3.05, 3.63) is 0 Å². The second-order valence-electron chi connectivity index (χ2n) is 6.49. The Morgan fingerprint density at radius 3 is 2.18 bits per heavy atom. The maximum Gasteiger partial charge on any atom is 0.0844 e. The van der Waals surface area contributed by atoms with Crippen molar-refractivity contribution in [2.45, 2.75) is 84.3 Å². The normalized spacial score (nSPS) is 39.0. The molecule has 3 atom stereocenters. The van der Waals surface area contributed by atoms with Crippen LogP contribution in [0.15, 0.2) is 0 Å². The van der Waals surface area contributed by atoms with Crippen LogP contribution in [-0.4, -0.2) is 12.2 Å². The summed E-state index contributed by atoms with van der Waals surface area (Å²) in [6.07, 6.45) is 12.6. The molecule has 2 fully saturated rings. The summed E-state index contributed by atoms with van der Waals surface area (Å²) in [5, 5.41) is 0. The van der Waals surface area contributed by atoms with Gasteiger partial charge in [0.2, 0.25) is 0 Å². The number of hydrogen-bond acceptors (Lipinski definition) is 1. The van der Waals surface area contributed by atoms with E-state index in [1.54, 1.807) is 0 Å². The maximum atomic E-state index is 5.68. The Morgan fingerprint density at radius 2 is 1.65 bits per heavy atom. The Balaban J connectivity index is 1.61. The molecule has 2 aliphatic rings. The van der Waals surface area contributed by atoms with Gasteiger partial charge in [-0.05, 0) is 37.0 Å². The van der Waals surface area contributed by atoms with E-state index in [-0.39, 0.29) is 0 Å². The van der Waals surface area contributed by atoms with Crippen LogP contribution in [0.4, 0.5) is 0 Å². The first kappa shape index (κ1) is 13.4. The van der Waals surface area contributed by atoms with Crippen LogP contribution in [0.2, 0.25) is 0 Å². The molecule has 17 heavy (non-hydrogen) atoms. The van der Waals surface area contributed by atoms with Crippen molar-refractivity contribution in [3.63, 3.8) is 0 Å². The van der Waals surface area contributed by atoms with Gasteiger partial charge >= 0.3 is 0 Å². The fourth-order valence-electron chi connectivity index (χ4n) is 3.51. The number of epoxide rings is 1. The lowest BCUT2D eigenvalue weighted by Crippen LogP contribution is -2.18. The Kier molecular flexibility index (Phi) is 4.90. The largest absolute Gasteiger partial charge is 0.370 e. The van der Waals surface area contributed by atoms with Gasteiger partial charge in [0.1, 0.15) is 0 Å². The van der Waals surface area contributed by atoms with E-state index in [4.69, 9.17) is 4.74 Å². The highest BCUT2D eigenvalue weighted by Gasteiger charge is 2.39. The molecule has 0 N–H and O–H groups in total. The zero-order valence-electron chi connectivity index (χ0n) is 12.0. The molecule has 1 heteroatoms. The van der Waals surface area contributed by atoms with Crippen molar-refractivity contribution in [2.24, 2.45) is 17.8 Å². The molecule has 0 bridgehead atoms. The molecule has 1 aliphatic carbocycles. The molecule has 100 valence electrons. The first-order valence-corrected chi connectivity index (χ1v) is 7.88. The summed E-state index contributed by atoms with van der Waals surface area (Å²) < 4.78 is 5.68. The summed E-state index contributed by atoms with van der Waals surface area (Å²) in [6, 6.07) is 0. The minimum atomic E-state index is 0.618. The van der Waals surface area contributed by atoms with Crippen molar-refractivity contribution < 1.29 is 4.74 Å². The first-order valence-electron chi connectivity index (χ1n) is 7.88. The van der Waals surface area contributed by atoms with Gasteiger partial charge in [-0.25, -0.2) is 0 Å². The quantitative estimate of drug-likeness (QED) is 0.606. The van der Waals surface area contributed by atoms with Gasteiger partial charge in [0.25, 0.3) is 0 Å². The lowest BCUT2D eigenvalue weighted by Gasteiger charge is -2.29. The number of hydrogen-bond donors (Lipinski definition) is 0. The van der Waals surface area contributed by atoms with E-state index >= 15 is 0 Å². The molecule has 0 aromatic heterocycles. The fraction of sp³-hybridized carbons (Fsp3) is 1.00. The molecule has 1 saturated heterocycles. The van der Waals surface area contributed by atoms with Crippen molar-refractivity contribution >= 4 is 0 Å². The van der Waals surface area contributed by atoms with Gasteiger partial charge in [0, 0.05) is 0 Å². The number of rotatable bonds is 6. The Morgan fingerprint density at radius 1 is 1.00 bits per heavy atom. The average Bonchev–Trinajstić information content (AvgIpc) is 3.10. The zero-order chi connectivity index (χ0) is 12.3. The van der Waals surface area contributed by atoms with Crippen LogP contribution >= 0.6 is 0 Å². The van der Waals surface area contributed by atoms with Crippen LogP contribution in [0.25, 0.3) is 0 Å². The van der Waals surface area contributed by atoms with Gasteiger partial charge in [-0.1, -0.05) is 52.9 Å². The van der Waals surface area contributed by atoms with E-state index in [0.29, 0.717) is 12.2 Å². The summed E-state index contributed by atoms with van der Waals surface area (Å²) >= 11 is 0. The molecule has 3 unspecified atom stereocenters. The standard InChI is InChI=1S/C16H30O/c1-4-12(3)10-13-6-8-14(9-7-13)11-16-15(5-2)17-16/h12-16H,4-11H2,1-3H3. The van der Waals surface area contributed by atoms with Crippen LogP contribution in [-0.2, 0) is 4.74 Å². The number of ether oxygens (including phenoxy) is 1. The molecular weight excluding hydrogens is 208 g/mol. The minimum absolute atomic E-state index is 0.618. The van der Waals surface area contributed by atoms with Crippen molar-refractivity contribution in [1.29, 1.82) is 0 Å². The molecule has 1 saturated carbocycles. The summed E-state index contributed by atoms with van der Waals surface area (Å²) in [5.74, 6) is 2.95. The third-order valence-corrected chi connectivity index (χ3v) is 5.05. The summed E-state index contributed by atoms with van der Waals surface area (Å²) in [6.45, 7) is 6.98. The molecule has 0 radical (unpaired) electrons. The van der Waals surface area contributed by atoms with Crippen LogP contribution in [0.3, 0.4) is 0 Å². The van der Waals surface area contributed by atoms with Gasteiger partial charge in [0.15, 0.2) is 0 Å². The van der Waals surface area contributed by atoms with E-state index in [9.17, 15) is 0 Å². The van der Waals surface area contributed by atoms with Crippen LogP contribution in [0.5, 0.6) is 0 Å². The van der Waals surface area contributed by atoms with E-state index < -0.39 is 0 Å². The third-order valence-electron chi connectivity index (χ3n) is 5.05. The van der Waals surface area contributed by atoms with Gasteiger partial charge in [0.05, 0.1) is 12.2 Å². The minimum Gasteiger partial charge on any atom is -0.370 e. The highest BCUT2D eigenvalue weighted by molar-refractivity contribution is 4.87. The Hall–Kier alpha value is -0.0400. The predicted octanol–water partition coefficient (Wildman–Crippen LogP) is 4.80. The van der Waals surface area contributed by atoms with E-state index in [2.05, 4.69) is 20.8 Å². The Bertz CT molecular complexity index is 218. The van der Waals surface area contributed by atoms with Crippen LogP contribution < -0.4 is 0 Å². The zero-order valence-corrected chi connectivity index (χ0v) is 12.0. The lowest BCUT2D eigenvalue weighted by molar-refractivity contribution is 0.217. The van der Waals surface area contributed by atoms with E-state index in [0.717, 1.165) is 17.8 Å². The molecule has 0 amide bonds. The molecule has 1 nitrogen and oxygen atoms in total. The maximum absolute atomic E-state index is 5.68. The van der Waals surface area contributed by atoms with Gasteiger partial charge < -0.3 is 4.74 Å². The third kappa shape index (κ3) is 3.98. The summed E-state index contributed by atoms with van der Waals surface area (Å²) in [4.78, 5) is 0. The van der Waals surface area contributed by atoms with Crippen LogP contribution in [0, 0.1) is 17.8 Å². The molecule has 1 aliphatic heterocycles. The monoisotopic (exact) mass is 238 g/mol. The Labute approximate surface area is 107 Å². The van der Waals surface area contributed by atoms with Crippen molar-refractivity contribution in [2.75, 3.05) is 0 Å². The summed E-state index contributed by atoms with van der Waals surface area (Å²) in [5.41, 5.74) is 0.